The van der Waals surface area contributed by atoms with Gasteiger partial charge in [-0.25, -0.2) is 4.98 Å². The van der Waals surface area contributed by atoms with Gasteiger partial charge in [-0.1, -0.05) is 23.7 Å². The molecule has 2 aromatic rings. The van der Waals surface area contributed by atoms with Crippen molar-refractivity contribution >= 4 is 28.8 Å². The Hall–Kier alpha value is -1.43. The summed E-state index contributed by atoms with van der Waals surface area (Å²) >= 11 is 7.26. The summed E-state index contributed by atoms with van der Waals surface area (Å²) < 4.78 is 0. The first-order valence-corrected chi connectivity index (χ1v) is 7.71. The molecule has 1 N–H and O–H groups in total. The summed E-state index contributed by atoms with van der Waals surface area (Å²) in [6.07, 6.45) is 0. The maximum Gasteiger partial charge on any atom is 0.273 e. The van der Waals surface area contributed by atoms with Crippen molar-refractivity contribution in [2.24, 2.45) is 0 Å². The Bertz CT molecular complexity index is 632. The zero-order valence-corrected chi connectivity index (χ0v) is 13.7. The molecule has 0 aliphatic rings. The molecule has 2 rings (SSSR count). The predicted molar refractivity (Wildman–Crippen MR) is 85.8 cm³/mol. The molecule has 0 radical (unpaired) electrons. The van der Waals surface area contributed by atoms with Crippen LogP contribution in [0.3, 0.4) is 0 Å². The smallest absolute Gasteiger partial charge is 0.273 e. The molecule has 0 unspecified atom stereocenters. The van der Waals surface area contributed by atoms with Gasteiger partial charge in [-0.15, -0.1) is 11.3 Å². The molecule has 0 atom stereocenters. The Labute approximate surface area is 133 Å². The predicted octanol–water partition coefficient (Wildman–Crippen LogP) is 3.31. The van der Waals surface area contributed by atoms with Crippen LogP contribution in [-0.2, 0) is 0 Å². The number of carbonyl (C=O) groups is 1. The number of benzene rings is 1. The first-order valence-electron chi connectivity index (χ1n) is 6.45. The average molecular weight is 325 g/mol. The summed E-state index contributed by atoms with van der Waals surface area (Å²) in [5.74, 6) is -0.200. The highest BCUT2D eigenvalue weighted by molar-refractivity contribution is 7.13. The van der Waals surface area contributed by atoms with E-state index in [0.717, 1.165) is 10.6 Å². The number of thiazole rings is 1. The Morgan fingerprint density at radius 1 is 1.38 bits per heavy atom. The second-order valence-electron chi connectivity index (χ2n) is 5.52. The highest BCUT2D eigenvalue weighted by atomic mass is 35.5. The maximum absolute atomic E-state index is 12.3. The molecular formula is C15H17ClN2O2S. The molecule has 6 heteroatoms. The van der Waals surface area contributed by atoms with E-state index in [1.807, 2.05) is 12.1 Å². The van der Waals surface area contributed by atoms with Gasteiger partial charge in [-0.05, 0) is 26.0 Å². The van der Waals surface area contributed by atoms with Gasteiger partial charge in [-0.3, -0.25) is 4.79 Å². The van der Waals surface area contributed by atoms with Gasteiger partial charge in [0, 0.05) is 29.6 Å². The summed E-state index contributed by atoms with van der Waals surface area (Å²) in [6.45, 7) is 3.58. The van der Waals surface area contributed by atoms with E-state index in [2.05, 4.69) is 4.98 Å². The number of hydrogen-bond donors (Lipinski definition) is 1. The molecule has 0 saturated carbocycles. The number of likely N-dealkylation sites (N-methyl/N-ethyl adjacent to an activating group) is 1. The van der Waals surface area contributed by atoms with Crippen LogP contribution in [0.4, 0.5) is 0 Å². The number of amides is 1. The minimum absolute atomic E-state index is 0.200. The number of rotatable bonds is 4. The molecule has 0 fully saturated rings. The quantitative estimate of drug-likeness (QED) is 0.938. The molecule has 1 amide bonds. The van der Waals surface area contributed by atoms with E-state index in [9.17, 15) is 9.90 Å². The van der Waals surface area contributed by atoms with Crippen molar-refractivity contribution in [2.45, 2.75) is 19.4 Å². The minimum atomic E-state index is -0.931. The van der Waals surface area contributed by atoms with E-state index in [1.165, 1.54) is 16.2 Å². The van der Waals surface area contributed by atoms with Crippen LogP contribution in [0.2, 0.25) is 5.02 Å². The molecule has 1 heterocycles. The van der Waals surface area contributed by atoms with Crippen molar-refractivity contribution in [3.63, 3.8) is 0 Å². The highest BCUT2D eigenvalue weighted by Gasteiger charge is 2.22. The van der Waals surface area contributed by atoms with Crippen LogP contribution in [0.25, 0.3) is 10.6 Å². The number of hydrogen-bond acceptors (Lipinski definition) is 4. The van der Waals surface area contributed by atoms with Crippen LogP contribution < -0.4 is 0 Å². The van der Waals surface area contributed by atoms with Gasteiger partial charge in [0.05, 0.1) is 5.60 Å². The minimum Gasteiger partial charge on any atom is -0.389 e. The number of aliphatic hydroxyl groups is 1. The van der Waals surface area contributed by atoms with E-state index < -0.39 is 5.60 Å². The van der Waals surface area contributed by atoms with Crippen LogP contribution in [-0.4, -0.2) is 40.1 Å². The summed E-state index contributed by atoms with van der Waals surface area (Å²) in [4.78, 5) is 18.1. The number of aromatic nitrogens is 1. The molecule has 0 aliphatic carbocycles. The molecule has 1 aromatic carbocycles. The van der Waals surface area contributed by atoms with E-state index in [0.29, 0.717) is 10.7 Å². The van der Waals surface area contributed by atoms with E-state index >= 15 is 0 Å². The largest absolute Gasteiger partial charge is 0.389 e. The fraction of sp³-hybridized carbons (Fsp3) is 0.333. The zero-order valence-electron chi connectivity index (χ0n) is 12.1. The van der Waals surface area contributed by atoms with Crippen molar-refractivity contribution < 1.29 is 9.90 Å². The standard InChI is InChI=1S/C15H17ClN2O2S/c1-15(2,20)9-18(3)14(19)12-8-21-13(17-12)10-4-6-11(16)7-5-10/h4-8,20H,9H2,1-3H3. The third-order valence-electron chi connectivity index (χ3n) is 2.79. The highest BCUT2D eigenvalue weighted by Crippen LogP contribution is 2.25. The second-order valence-corrected chi connectivity index (χ2v) is 6.81. The van der Waals surface area contributed by atoms with Crippen molar-refractivity contribution in [1.29, 1.82) is 0 Å². The van der Waals surface area contributed by atoms with E-state index in [-0.39, 0.29) is 12.5 Å². The van der Waals surface area contributed by atoms with Crippen molar-refractivity contribution in [2.75, 3.05) is 13.6 Å². The zero-order chi connectivity index (χ0) is 15.6. The van der Waals surface area contributed by atoms with Gasteiger partial charge in [0.25, 0.3) is 5.91 Å². The second kappa shape index (κ2) is 6.13. The van der Waals surface area contributed by atoms with Crippen LogP contribution in [0.15, 0.2) is 29.6 Å². The van der Waals surface area contributed by atoms with Crippen LogP contribution >= 0.6 is 22.9 Å². The lowest BCUT2D eigenvalue weighted by Gasteiger charge is -2.24. The third kappa shape index (κ3) is 4.27. The van der Waals surface area contributed by atoms with Crippen LogP contribution in [0, 0.1) is 0 Å². The number of halogens is 1. The Kier molecular flexibility index (Phi) is 4.66. The molecule has 4 nitrogen and oxygen atoms in total. The molecule has 112 valence electrons. The van der Waals surface area contributed by atoms with Gasteiger partial charge in [-0.2, -0.15) is 0 Å². The average Bonchev–Trinajstić information content (AvgIpc) is 2.86. The fourth-order valence-corrected chi connectivity index (χ4v) is 2.87. The molecule has 0 saturated heterocycles. The number of carbonyl (C=O) groups excluding carboxylic acids is 1. The lowest BCUT2D eigenvalue weighted by molar-refractivity contribution is 0.0365. The van der Waals surface area contributed by atoms with Crippen molar-refractivity contribution in [1.82, 2.24) is 9.88 Å². The van der Waals surface area contributed by atoms with E-state index in [4.69, 9.17) is 11.6 Å². The molecule has 0 bridgehead atoms. The van der Waals surface area contributed by atoms with Gasteiger partial charge < -0.3 is 10.0 Å². The first-order chi connectivity index (χ1) is 9.76. The lowest BCUT2D eigenvalue weighted by Crippen LogP contribution is -2.39. The summed E-state index contributed by atoms with van der Waals surface area (Å²) in [6, 6.07) is 7.33. The summed E-state index contributed by atoms with van der Waals surface area (Å²) in [7, 11) is 1.65. The van der Waals surface area contributed by atoms with Gasteiger partial charge in [0.1, 0.15) is 10.7 Å². The lowest BCUT2D eigenvalue weighted by atomic mass is 10.1. The van der Waals surface area contributed by atoms with Crippen molar-refractivity contribution in [3.8, 4) is 10.6 Å². The molecule has 1 aromatic heterocycles. The number of nitrogens with zero attached hydrogens (tertiary/aromatic N) is 2. The van der Waals surface area contributed by atoms with Gasteiger partial charge >= 0.3 is 0 Å². The normalized spacial score (nSPS) is 11.5. The van der Waals surface area contributed by atoms with Gasteiger partial charge in [0.15, 0.2) is 0 Å². The summed E-state index contributed by atoms with van der Waals surface area (Å²) in [5.41, 5.74) is 0.379. The van der Waals surface area contributed by atoms with Crippen LogP contribution in [0.5, 0.6) is 0 Å². The van der Waals surface area contributed by atoms with E-state index in [1.54, 1.807) is 38.4 Å². The molecule has 21 heavy (non-hydrogen) atoms. The Balaban J connectivity index is 2.16. The van der Waals surface area contributed by atoms with Crippen molar-refractivity contribution in [3.05, 3.63) is 40.4 Å². The Morgan fingerprint density at radius 3 is 2.57 bits per heavy atom. The topological polar surface area (TPSA) is 53.4 Å². The van der Waals surface area contributed by atoms with Crippen LogP contribution in [0.1, 0.15) is 24.3 Å². The first kappa shape index (κ1) is 15.9. The molecule has 0 aliphatic heterocycles. The third-order valence-corrected chi connectivity index (χ3v) is 3.93. The Morgan fingerprint density at radius 2 is 2.00 bits per heavy atom. The van der Waals surface area contributed by atoms with Gasteiger partial charge in [0.2, 0.25) is 0 Å². The molecular weight excluding hydrogens is 308 g/mol. The maximum atomic E-state index is 12.3. The summed E-state index contributed by atoms with van der Waals surface area (Å²) in [5, 5.41) is 12.9. The SMILES string of the molecule is CN(CC(C)(C)O)C(=O)c1csc(-c2ccc(Cl)cc2)n1. The molecule has 0 spiro atoms. The monoisotopic (exact) mass is 324 g/mol. The fourth-order valence-electron chi connectivity index (χ4n) is 1.94.